The summed E-state index contributed by atoms with van der Waals surface area (Å²) >= 11 is 0. The molecule has 0 N–H and O–H groups in total. The van der Waals surface area contributed by atoms with Crippen LogP contribution in [-0.2, 0) is 12.8 Å². The number of hydrogen-bond donors (Lipinski definition) is 0. The molecule has 2 aromatic rings. The van der Waals surface area contributed by atoms with Gasteiger partial charge in [0.1, 0.15) is 0 Å². The van der Waals surface area contributed by atoms with Gasteiger partial charge in [0.2, 0.25) is 0 Å². The summed E-state index contributed by atoms with van der Waals surface area (Å²) < 4.78 is 0. The highest BCUT2D eigenvalue weighted by Gasteiger charge is 1.97. The van der Waals surface area contributed by atoms with Crippen LogP contribution >= 0.6 is 0 Å². The number of aryl methyl sites for hydroxylation is 1. The Labute approximate surface area is 102 Å². The van der Waals surface area contributed by atoms with Crippen LogP contribution in [0.1, 0.15) is 22.3 Å². The second-order valence-corrected chi connectivity index (χ2v) is 4.31. The molecule has 0 spiro atoms. The Morgan fingerprint density at radius 2 is 1.29 bits per heavy atom. The summed E-state index contributed by atoms with van der Waals surface area (Å²) in [5.74, 6) is 0. The highest BCUT2D eigenvalue weighted by Crippen LogP contribution is 2.12. The van der Waals surface area contributed by atoms with Crippen LogP contribution in [-0.4, -0.2) is 0 Å². The van der Waals surface area contributed by atoms with Gasteiger partial charge < -0.3 is 0 Å². The zero-order valence-electron chi connectivity index (χ0n) is 9.98. The van der Waals surface area contributed by atoms with Crippen molar-refractivity contribution in [3.63, 3.8) is 0 Å². The standard InChI is InChI=1S/C16H15N/c1-13-2-4-15(5-3-13)12-16-8-6-14(7-9-16)10-11-17/h2-9H,10,12H2,1H3. The Morgan fingerprint density at radius 3 is 1.82 bits per heavy atom. The van der Waals surface area contributed by atoms with Gasteiger partial charge in [-0.25, -0.2) is 0 Å². The minimum absolute atomic E-state index is 0.491. The molecule has 0 aliphatic rings. The second kappa shape index (κ2) is 5.32. The van der Waals surface area contributed by atoms with Crippen LogP contribution < -0.4 is 0 Å². The monoisotopic (exact) mass is 221 g/mol. The number of rotatable bonds is 3. The molecule has 0 amide bonds. The van der Waals surface area contributed by atoms with Crippen LogP contribution in [0.2, 0.25) is 0 Å². The van der Waals surface area contributed by atoms with Crippen LogP contribution in [0.4, 0.5) is 0 Å². The van der Waals surface area contributed by atoms with Crippen molar-refractivity contribution in [2.45, 2.75) is 19.8 Å². The molecule has 1 heteroatoms. The van der Waals surface area contributed by atoms with Crippen LogP contribution in [0.5, 0.6) is 0 Å². The molecule has 0 aliphatic heterocycles. The normalized spacial score (nSPS) is 9.88. The summed E-state index contributed by atoms with van der Waals surface area (Å²) in [5.41, 5.74) is 4.98. The van der Waals surface area contributed by atoms with Crippen LogP contribution in [0, 0.1) is 18.3 Å². The second-order valence-electron chi connectivity index (χ2n) is 4.31. The van der Waals surface area contributed by atoms with E-state index in [1.165, 1.54) is 16.7 Å². The molecule has 84 valence electrons. The molecule has 1 nitrogen and oxygen atoms in total. The Balaban J connectivity index is 2.09. The fourth-order valence-corrected chi connectivity index (χ4v) is 1.81. The first-order valence-corrected chi connectivity index (χ1v) is 5.78. The van der Waals surface area contributed by atoms with Crippen molar-refractivity contribution in [3.8, 4) is 6.07 Å². The highest BCUT2D eigenvalue weighted by atomic mass is 14.2. The smallest absolute Gasteiger partial charge is 0.0669 e. The molecule has 0 heterocycles. The fourth-order valence-electron chi connectivity index (χ4n) is 1.81. The van der Waals surface area contributed by atoms with Gasteiger partial charge in [-0.05, 0) is 30.0 Å². The lowest BCUT2D eigenvalue weighted by molar-refractivity contribution is 1.17. The van der Waals surface area contributed by atoms with E-state index in [0.29, 0.717) is 6.42 Å². The third-order valence-electron chi connectivity index (χ3n) is 2.84. The van der Waals surface area contributed by atoms with E-state index in [4.69, 9.17) is 5.26 Å². The lowest BCUT2D eigenvalue weighted by atomic mass is 10.0. The Bertz CT molecular complexity index is 515. The van der Waals surface area contributed by atoms with Gasteiger partial charge in [0.15, 0.2) is 0 Å². The van der Waals surface area contributed by atoms with E-state index < -0.39 is 0 Å². The van der Waals surface area contributed by atoms with Crippen molar-refractivity contribution in [1.82, 2.24) is 0 Å². The van der Waals surface area contributed by atoms with Gasteiger partial charge in [0.05, 0.1) is 12.5 Å². The average Bonchev–Trinajstić information content (AvgIpc) is 2.35. The van der Waals surface area contributed by atoms with Gasteiger partial charge in [0, 0.05) is 0 Å². The van der Waals surface area contributed by atoms with Crippen molar-refractivity contribution in [2.75, 3.05) is 0 Å². The molecule has 2 rings (SSSR count). The van der Waals surface area contributed by atoms with Gasteiger partial charge >= 0.3 is 0 Å². The Hall–Kier alpha value is -2.07. The average molecular weight is 221 g/mol. The molecule has 0 saturated carbocycles. The van der Waals surface area contributed by atoms with Crippen LogP contribution in [0.15, 0.2) is 48.5 Å². The van der Waals surface area contributed by atoms with E-state index in [1.807, 2.05) is 12.1 Å². The van der Waals surface area contributed by atoms with E-state index in [1.54, 1.807) is 0 Å². The molecule has 0 atom stereocenters. The maximum Gasteiger partial charge on any atom is 0.0669 e. The molecular weight excluding hydrogens is 206 g/mol. The summed E-state index contributed by atoms with van der Waals surface area (Å²) in [4.78, 5) is 0. The zero-order valence-corrected chi connectivity index (χ0v) is 9.98. The van der Waals surface area contributed by atoms with Crippen molar-refractivity contribution in [1.29, 1.82) is 5.26 Å². The first kappa shape index (κ1) is 11.4. The third-order valence-corrected chi connectivity index (χ3v) is 2.84. The molecule has 0 aromatic heterocycles. The first-order valence-electron chi connectivity index (χ1n) is 5.78. The number of hydrogen-bond acceptors (Lipinski definition) is 1. The molecule has 17 heavy (non-hydrogen) atoms. The molecular formula is C16H15N. The summed E-state index contributed by atoms with van der Waals surface area (Å²) in [7, 11) is 0. The quantitative estimate of drug-likeness (QED) is 0.776. The number of nitriles is 1. The SMILES string of the molecule is Cc1ccc(Cc2ccc(CC#N)cc2)cc1. The van der Waals surface area contributed by atoms with Crippen molar-refractivity contribution < 1.29 is 0 Å². The van der Waals surface area contributed by atoms with Gasteiger partial charge in [-0.3, -0.25) is 0 Å². The molecule has 0 radical (unpaired) electrons. The predicted molar refractivity (Wildman–Crippen MR) is 69.7 cm³/mol. The summed E-state index contributed by atoms with van der Waals surface area (Å²) in [6.07, 6.45) is 1.44. The highest BCUT2D eigenvalue weighted by molar-refractivity contribution is 5.30. The summed E-state index contributed by atoms with van der Waals surface area (Å²) in [5, 5.41) is 8.60. The van der Waals surface area contributed by atoms with Gasteiger partial charge in [-0.2, -0.15) is 5.26 Å². The minimum atomic E-state index is 0.491. The molecule has 2 aromatic carbocycles. The van der Waals surface area contributed by atoms with E-state index in [9.17, 15) is 0 Å². The van der Waals surface area contributed by atoms with E-state index >= 15 is 0 Å². The summed E-state index contributed by atoms with van der Waals surface area (Å²) in [6.45, 7) is 2.10. The first-order chi connectivity index (χ1) is 8.28. The van der Waals surface area contributed by atoms with Crippen LogP contribution in [0.25, 0.3) is 0 Å². The lowest BCUT2D eigenvalue weighted by Crippen LogP contribution is -1.89. The largest absolute Gasteiger partial charge is 0.198 e. The van der Waals surface area contributed by atoms with Crippen molar-refractivity contribution in [3.05, 3.63) is 70.8 Å². The van der Waals surface area contributed by atoms with E-state index in [-0.39, 0.29) is 0 Å². The molecule has 0 bridgehead atoms. The van der Waals surface area contributed by atoms with Crippen LogP contribution in [0.3, 0.4) is 0 Å². The number of nitrogens with zero attached hydrogens (tertiary/aromatic N) is 1. The van der Waals surface area contributed by atoms with Gasteiger partial charge in [-0.15, -0.1) is 0 Å². The molecule has 0 fully saturated rings. The predicted octanol–water partition coefficient (Wildman–Crippen LogP) is 3.65. The molecule has 0 aliphatic carbocycles. The maximum atomic E-state index is 8.60. The van der Waals surface area contributed by atoms with Gasteiger partial charge in [0.25, 0.3) is 0 Å². The van der Waals surface area contributed by atoms with Crippen molar-refractivity contribution >= 4 is 0 Å². The third kappa shape index (κ3) is 3.19. The van der Waals surface area contributed by atoms with E-state index in [2.05, 4.69) is 49.4 Å². The number of benzene rings is 2. The molecule has 0 unspecified atom stereocenters. The zero-order chi connectivity index (χ0) is 12.1. The van der Waals surface area contributed by atoms with E-state index in [0.717, 1.165) is 12.0 Å². The van der Waals surface area contributed by atoms with Crippen molar-refractivity contribution in [2.24, 2.45) is 0 Å². The lowest BCUT2D eigenvalue weighted by Gasteiger charge is -2.03. The van der Waals surface area contributed by atoms with Gasteiger partial charge in [-0.1, -0.05) is 54.1 Å². The topological polar surface area (TPSA) is 23.8 Å². The summed E-state index contributed by atoms with van der Waals surface area (Å²) in [6, 6.07) is 19.0. The Morgan fingerprint density at radius 1 is 0.824 bits per heavy atom. The molecule has 0 saturated heterocycles. The fraction of sp³-hybridized carbons (Fsp3) is 0.188. The maximum absolute atomic E-state index is 8.60. The minimum Gasteiger partial charge on any atom is -0.198 e. The Kier molecular flexibility index (Phi) is 3.57.